The van der Waals surface area contributed by atoms with Gasteiger partial charge in [0, 0.05) is 11.8 Å². The molecule has 94 valence electrons. The van der Waals surface area contributed by atoms with Crippen molar-refractivity contribution < 1.29 is 9.62 Å². The van der Waals surface area contributed by atoms with Gasteiger partial charge in [0.1, 0.15) is 0 Å². The Balaban J connectivity index is 2.41. The topological polar surface area (TPSA) is 97.5 Å². The largest absolute Gasteiger partial charge is 0.416 e. The van der Waals surface area contributed by atoms with Gasteiger partial charge >= 0.3 is 0 Å². The van der Waals surface area contributed by atoms with E-state index in [-0.39, 0.29) is 5.84 Å². The summed E-state index contributed by atoms with van der Waals surface area (Å²) in [6, 6.07) is 5.17. The van der Waals surface area contributed by atoms with Crippen LogP contribution in [-0.2, 0) is 0 Å². The van der Waals surface area contributed by atoms with Crippen LogP contribution in [0.5, 0.6) is 0 Å². The smallest absolute Gasteiger partial charge is 0.281 e. The highest BCUT2D eigenvalue weighted by Gasteiger charge is 2.15. The van der Waals surface area contributed by atoms with Crippen molar-refractivity contribution in [1.29, 1.82) is 0 Å². The van der Waals surface area contributed by atoms with Crippen LogP contribution in [0.3, 0.4) is 0 Å². The highest BCUT2D eigenvalue weighted by Crippen LogP contribution is 2.32. The van der Waals surface area contributed by atoms with Gasteiger partial charge in [-0.05, 0) is 23.9 Å². The van der Waals surface area contributed by atoms with Crippen LogP contribution in [0, 0.1) is 6.92 Å². The number of hydrogen-bond acceptors (Lipinski definition) is 6. The standard InChI is InChI=1S/C10H9ClN4O2S/c1-5-13-14-10(17-5)18-7-4-2-3-6(11)8(7)9(12)15-16/h2-4,16H,1H3,(H2,12,15). The van der Waals surface area contributed by atoms with Gasteiger partial charge in [0.25, 0.3) is 5.22 Å². The molecule has 0 aliphatic carbocycles. The highest BCUT2D eigenvalue weighted by atomic mass is 35.5. The molecule has 1 heterocycles. The maximum atomic E-state index is 8.75. The molecule has 1 aromatic carbocycles. The number of aromatic nitrogens is 2. The quantitative estimate of drug-likeness (QED) is 0.388. The lowest BCUT2D eigenvalue weighted by Gasteiger charge is -2.07. The zero-order valence-electron chi connectivity index (χ0n) is 9.29. The van der Waals surface area contributed by atoms with Crippen LogP contribution in [0.2, 0.25) is 5.02 Å². The molecule has 18 heavy (non-hydrogen) atoms. The van der Waals surface area contributed by atoms with E-state index in [0.717, 1.165) is 0 Å². The van der Waals surface area contributed by atoms with Crippen LogP contribution in [0.4, 0.5) is 0 Å². The van der Waals surface area contributed by atoms with E-state index < -0.39 is 0 Å². The molecule has 0 radical (unpaired) electrons. The van der Waals surface area contributed by atoms with Crippen molar-refractivity contribution in [2.24, 2.45) is 10.9 Å². The molecule has 0 amide bonds. The van der Waals surface area contributed by atoms with Gasteiger partial charge in [0.15, 0.2) is 5.84 Å². The van der Waals surface area contributed by atoms with E-state index in [0.29, 0.717) is 26.6 Å². The predicted molar refractivity (Wildman–Crippen MR) is 67.1 cm³/mol. The molecule has 0 aliphatic heterocycles. The van der Waals surface area contributed by atoms with Crippen molar-refractivity contribution in [3.05, 3.63) is 34.7 Å². The number of nitrogens with two attached hydrogens (primary N) is 1. The molecule has 0 spiro atoms. The molecule has 0 unspecified atom stereocenters. The summed E-state index contributed by atoms with van der Waals surface area (Å²) in [5.41, 5.74) is 6.02. The van der Waals surface area contributed by atoms with Gasteiger partial charge in [-0.1, -0.05) is 22.8 Å². The Morgan fingerprint density at radius 2 is 2.28 bits per heavy atom. The fourth-order valence-corrected chi connectivity index (χ4v) is 2.52. The summed E-state index contributed by atoms with van der Waals surface area (Å²) in [5.74, 6) is 0.393. The molecule has 0 bridgehead atoms. The summed E-state index contributed by atoms with van der Waals surface area (Å²) in [5, 5.41) is 20.0. The van der Waals surface area contributed by atoms with E-state index in [1.54, 1.807) is 25.1 Å². The Labute approximate surface area is 112 Å². The normalized spacial score (nSPS) is 11.8. The van der Waals surface area contributed by atoms with E-state index in [1.165, 1.54) is 11.8 Å². The second-order valence-corrected chi connectivity index (χ2v) is 4.69. The monoisotopic (exact) mass is 284 g/mol. The van der Waals surface area contributed by atoms with Crippen LogP contribution >= 0.6 is 23.4 Å². The van der Waals surface area contributed by atoms with Crippen molar-refractivity contribution in [3.63, 3.8) is 0 Å². The molecule has 0 fully saturated rings. The Morgan fingerprint density at radius 1 is 1.50 bits per heavy atom. The molecule has 3 N–H and O–H groups in total. The zero-order valence-corrected chi connectivity index (χ0v) is 10.9. The van der Waals surface area contributed by atoms with Gasteiger partial charge in [0.2, 0.25) is 5.89 Å². The molecule has 0 saturated heterocycles. The fraction of sp³-hybridized carbons (Fsp3) is 0.100. The lowest BCUT2D eigenvalue weighted by atomic mass is 10.2. The number of aryl methyl sites for hydroxylation is 1. The summed E-state index contributed by atoms with van der Waals surface area (Å²) in [6.07, 6.45) is 0. The number of rotatable bonds is 3. The first-order valence-electron chi connectivity index (χ1n) is 4.86. The number of amidine groups is 1. The molecule has 0 saturated carbocycles. The first-order chi connectivity index (χ1) is 8.61. The van der Waals surface area contributed by atoms with Gasteiger partial charge in [-0.2, -0.15) is 0 Å². The third kappa shape index (κ3) is 2.57. The SMILES string of the molecule is Cc1nnc(Sc2cccc(Cl)c2C(N)=NO)o1. The average molecular weight is 285 g/mol. The van der Waals surface area contributed by atoms with E-state index in [1.807, 2.05) is 0 Å². The Hall–Kier alpha value is -1.73. The summed E-state index contributed by atoms with van der Waals surface area (Å²) in [7, 11) is 0. The lowest BCUT2D eigenvalue weighted by molar-refractivity contribution is 0.318. The maximum Gasteiger partial charge on any atom is 0.281 e. The van der Waals surface area contributed by atoms with Gasteiger partial charge in [-0.15, -0.1) is 10.2 Å². The van der Waals surface area contributed by atoms with Crippen LogP contribution in [0.25, 0.3) is 0 Å². The minimum atomic E-state index is -0.0701. The molecule has 0 aliphatic rings. The van der Waals surface area contributed by atoms with Gasteiger partial charge < -0.3 is 15.4 Å². The zero-order chi connectivity index (χ0) is 13.1. The minimum Gasteiger partial charge on any atom is -0.416 e. The van der Waals surface area contributed by atoms with Crippen molar-refractivity contribution in [2.45, 2.75) is 17.0 Å². The summed E-state index contributed by atoms with van der Waals surface area (Å²) in [6.45, 7) is 1.69. The number of hydrogen-bond donors (Lipinski definition) is 2. The van der Waals surface area contributed by atoms with Crippen LogP contribution in [0.15, 0.2) is 37.9 Å². The maximum absolute atomic E-state index is 8.75. The van der Waals surface area contributed by atoms with Crippen LogP contribution < -0.4 is 5.73 Å². The van der Waals surface area contributed by atoms with E-state index >= 15 is 0 Å². The van der Waals surface area contributed by atoms with Crippen molar-refractivity contribution in [2.75, 3.05) is 0 Å². The van der Waals surface area contributed by atoms with Crippen molar-refractivity contribution in [1.82, 2.24) is 10.2 Å². The highest BCUT2D eigenvalue weighted by molar-refractivity contribution is 7.99. The minimum absolute atomic E-state index is 0.0701. The van der Waals surface area contributed by atoms with Crippen LogP contribution in [-0.4, -0.2) is 21.2 Å². The summed E-state index contributed by atoms with van der Waals surface area (Å²) >= 11 is 7.22. The molecule has 0 atom stereocenters. The number of nitrogens with zero attached hydrogens (tertiary/aromatic N) is 3. The summed E-state index contributed by atoms with van der Waals surface area (Å²) in [4.78, 5) is 0.668. The molecule has 8 heteroatoms. The average Bonchev–Trinajstić information content (AvgIpc) is 2.74. The Morgan fingerprint density at radius 3 is 2.89 bits per heavy atom. The second kappa shape index (κ2) is 5.28. The molecular weight excluding hydrogens is 276 g/mol. The lowest BCUT2D eigenvalue weighted by Crippen LogP contribution is -2.14. The number of halogens is 1. The number of oxime groups is 1. The first-order valence-corrected chi connectivity index (χ1v) is 6.05. The Kier molecular flexibility index (Phi) is 3.73. The molecule has 2 rings (SSSR count). The van der Waals surface area contributed by atoms with Crippen molar-refractivity contribution in [3.8, 4) is 0 Å². The summed E-state index contributed by atoms with van der Waals surface area (Å²) < 4.78 is 5.25. The van der Waals surface area contributed by atoms with Crippen molar-refractivity contribution >= 4 is 29.2 Å². The van der Waals surface area contributed by atoms with E-state index in [9.17, 15) is 0 Å². The second-order valence-electron chi connectivity index (χ2n) is 3.29. The molecule has 2 aromatic rings. The Bertz CT molecular complexity index is 599. The molecule has 6 nitrogen and oxygen atoms in total. The van der Waals surface area contributed by atoms with E-state index in [4.69, 9.17) is 27.0 Å². The molecule has 1 aromatic heterocycles. The van der Waals surface area contributed by atoms with E-state index in [2.05, 4.69) is 15.4 Å². The first kappa shape index (κ1) is 12.7. The fourth-order valence-electron chi connectivity index (χ4n) is 1.30. The number of benzene rings is 1. The predicted octanol–water partition coefficient (Wildman–Crippen LogP) is 2.28. The third-order valence-electron chi connectivity index (χ3n) is 2.04. The third-order valence-corrected chi connectivity index (χ3v) is 3.26. The van der Waals surface area contributed by atoms with Gasteiger partial charge in [-0.25, -0.2) is 0 Å². The molecular formula is C10H9ClN4O2S. The van der Waals surface area contributed by atoms with Gasteiger partial charge in [0.05, 0.1) is 10.6 Å². The van der Waals surface area contributed by atoms with Crippen LogP contribution in [0.1, 0.15) is 11.5 Å². The van der Waals surface area contributed by atoms with Gasteiger partial charge in [-0.3, -0.25) is 0 Å².